The number of nitrogens with one attached hydrogen (secondary N) is 4. The van der Waals surface area contributed by atoms with Crippen LogP contribution in [0.2, 0.25) is 5.02 Å². The van der Waals surface area contributed by atoms with E-state index >= 15 is 0 Å². The SMILES string of the molecule is C/C=C\N=C(Nc1ccc(C(=O)NCC2CNCCO2)c(Cl)c1)C(C)=N/C=C(\C)c1ccc(NC)c(F)c1. The molecule has 1 heterocycles. The molecule has 2 aromatic rings. The van der Waals surface area contributed by atoms with Crippen molar-refractivity contribution in [3.63, 3.8) is 0 Å². The van der Waals surface area contributed by atoms with Gasteiger partial charge in [-0.25, -0.2) is 9.38 Å². The zero-order chi connectivity index (χ0) is 27.5. The number of aliphatic imine (C=N–C) groups is 2. The third kappa shape index (κ3) is 8.24. The molecule has 1 unspecified atom stereocenters. The molecule has 202 valence electrons. The van der Waals surface area contributed by atoms with Crippen LogP contribution < -0.4 is 21.3 Å². The van der Waals surface area contributed by atoms with E-state index in [1.54, 1.807) is 49.8 Å². The van der Waals surface area contributed by atoms with Crippen molar-refractivity contribution >= 4 is 46.0 Å². The Bertz CT molecular complexity index is 1250. The number of halogens is 2. The number of carbonyl (C=O) groups is 1. The summed E-state index contributed by atoms with van der Waals surface area (Å²) < 4.78 is 19.8. The van der Waals surface area contributed by atoms with Gasteiger partial charge in [0.25, 0.3) is 5.91 Å². The zero-order valence-electron chi connectivity index (χ0n) is 22.1. The number of allylic oxidation sites excluding steroid dienone is 2. The van der Waals surface area contributed by atoms with Crippen LogP contribution in [0.1, 0.15) is 36.7 Å². The van der Waals surface area contributed by atoms with Crippen LogP contribution >= 0.6 is 11.6 Å². The fraction of sp³-hybridized carbons (Fsp3) is 0.321. The van der Waals surface area contributed by atoms with Gasteiger partial charge in [-0.15, -0.1) is 0 Å². The van der Waals surface area contributed by atoms with E-state index in [0.717, 1.165) is 17.7 Å². The molecule has 0 bridgehead atoms. The molecule has 0 aromatic heterocycles. The van der Waals surface area contributed by atoms with E-state index in [2.05, 4.69) is 31.3 Å². The number of rotatable bonds is 9. The summed E-state index contributed by atoms with van der Waals surface area (Å²) in [6.45, 7) is 8.07. The van der Waals surface area contributed by atoms with E-state index in [1.165, 1.54) is 6.07 Å². The summed E-state index contributed by atoms with van der Waals surface area (Å²) in [6, 6.07) is 10.1. The van der Waals surface area contributed by atoms with E-state index in [1.807, 2.05) is 26.8 Å². The van der Waals surface area contributed by atoms with Gasteiger partial charge in [-0.2, -0.15) is 0 Å². The molecule has 0 aliphatic carbocycles. The molecule has 2 aromatic carbocycles. The Labute approximate surface area is 228 Å². The first-order valence-electron chi connectivity index (χ1n) is 12.4. The molecule has 4 N–H and O–H groups in total. The highest BCUT2D eigenvalue weighted by Crippen LogP contribution is 2.22. The summed E-state index contributed by atoms with van der Waals surface area (Å²) in [5.41, 5.74) is 3.58. The first-order valence-corrected chi connectivity index (χ1v) is 12.8. The van der Waals surface area contributed by atoms with Gasteiger partial charge in [0.2, 0.25) is 0 Å². The number of nitrogens with zero attached hydrogens (tertiary/aromatic N) is 2. The van der Waals surface area contributed by atoms with E-state index < -0.39 is 0 Å². The maximum Gasteiger partial charge on any atom is 0.252 e. The molecule has 0 radical (unpaired) electrons. The summed E-state index contributed by atoms with van der Waals surface area (Å²) >= 11 is 6.44. The molecule has 8 nitrogen and oxygen atoms in total. The lowest BCUT2D eigenvalue weighted by atomic mass is 10.1. The zero-order valence-corrected chi connectivity index (χ0v) is 22.8. The third-order valence-electron chi connectivity index (χ3n) is 5.81. The average Bonchev–Trinajstić information content (AvgIpc) is 2.93. The Morgan fingerprint density at radius 3 is 2.71 bits per heavy atom. The Morgan fingerprint density at radius 1 is 1.24 bits per heavy atom. The molecular formula is C28H34ClFN6O2. The Hall–Kier alpha value is -3.53. The highest BCUT2D eigenvalue weighted by molar-refractivity contribution is 6.45. The van der Waals surface area contributed by atoms with Crippen molar-refractivity contribution in [2.75, 3.05) is 43.9 Å². The number of amidine groups is 1. The number of amides is 1. The van der Waals surface area contributed by atoms with E-state index in [0.29, 0.717) is 53.2 Å². The van der Waals surface area contributed by atoms with E-state index in [9.17, 15) is 9.18 Å². The maximum atomic E-state index is 14.2. The molecule has 38 heavy (non-hydrogen) atoms. The van der Waals surface area contributed by atoms with Crippen LogP contribution in [-0.4, -0.2) is 56.8 Å². The smallest absolute Gasteiger partial charge is 0.252 e. The molecular weight excluding hydrogens is 507 g/mol. The molecule has 10 heteroatoms. The first-order chi connectivity index (χ1) is 18.3. The van der Waals surface area contributed by atoms with E-state index in [4.69, 9.17) is 16.3 Å². The lowest BCUT2D eigenvalue weighted by Crippen LogP contribution is -2.45. The Balaban J connectivity index is 1.72. The summed E-state index contributed by atoms with van der Waals surface area (Å²) in [5, 5.41) is 12.4. The number of anilines is 2. The van der Waals surface area contributed by atoms with Crippen LogP contribution in [0.15, 0.2) is 64.9 Å². The minimum absolute atomic E-state index is 0.0653. The number of hydrogen-bond acceptors (Lipinski definition) is 6. The maximum absolute atomic E-state index is 14.2. The van der Waals surface area contributed by atoms with E-state index in [-0.39, 0.29) is 17.8 Å². The summed E-state index contributed by atoms with van der Waals surface area (Å²) in [6.07, 6.45) is 5.05. The summed E-state index contributed by atoms with van der Waals surface area (Å²) in [7, 11) is 1.67. The van der Waals surface area contributed by atoms with Crippen LogP contribution in [0, 0.1) is 5.82 Å². The topological polar surface area (TPSA) is 99.1 Å². The predicted octanol–water partition coefficient (Wildman–Crippen LogP) is 5.10. The van der Waals surface area contributed by atoms with Gasteiger partial charge in [0.05, 0.1) is 34.7 Å². The van der Waals surface area contributed by atoms with Gasteiger partial charge in [-0.3, -0.25) is 9.79 Å². The number of morpholine rings is 1. The number of benzene rings is 2. The van der Waals surface area contributed by atoms with Crippen LogP contribution in [0.25, 0.3) is 5.57 Å². The second-order valence-electron chi connectivity index (χ2n) is 8.66. The van der Waals surface area contributed by atoms with Gasteiger partial charge < -0.3 is 26.0 Å². The summed E-state index contributed by atoms with van der Waals surface area (Å²) in [4.78, 5) is 21.6. The minimum atomic E-state index is -0.330. The van der Waals surface area contributed by atoms with Crippen molar-refractivity contribution in [2.24, 2.45) is 9.98 Å². The molecule has 0 spiro atoms. The minimum Gasteiger partial charge on any atom is -0.386 e. The van der Waals surface area contributed by atoms with Gasteiger partial charge >= 0.3 is 0 Å². The largest absolute Gasteiger partial charge is 0.386 e. The molecule has 1 fully saturated rings. The van der Waals surface area contributed by atoms with Crippen LogP contribution in [0.4, 0.5) is 15.8 Å². The fourth-order valence-corrected chi connectivity index (χ4v) is 3.89. The number of carbonyl (C=O) groups excluding carboxylic acids is 1. The summed E-state index contributed by atoms with van der Waals surface area (Å²) in [5.74, 6) is -0.0982. The lowest BCUT2D eigenvalue weighted by Gasteiger charge is -2.23. The molecule has 1 saturated heterocycles. The van der Waals surface area contributed by atoms with Crippen molar-refractivity contribution in [2.45, 2.75) is 26.9 Å². The van der Waals surface area contributed by atoms with Crippen LogP contribution in [0.5, 0.6) is 0 Å². The van der Waals surface area contributed by atoms with Crippen LogP contribution in [-0.2, 0) is 4.74 Å². The van der Waals surface area contributed by atoms with Gasteiger partial charge in [0.1, 0.15) is 5.82 Å². The van der Waals surface area contributed by atoms with Crippen molar-refractivity contribution in [1.29, 1.82) is 0 Å². The Morgan fingerprint density at radius 2 is 2.05 bits per heavy atom. The van der Waals surface area contributed by atoms with Crippen LogP contribution in [0.3, 0.4) is 0 Å². The van der Waals surface area contributed by atoms with Crippen molar-refractivity contribution < 1.29 is 13.9 Å². The number of ether oxygens (including phenoxy) is 1. The average molecular weight is 541 g/mol. The van der Waals surface area contributed by atoms with Crippen molar-refractivity contribution in [3.05, 3.63) is 76.8 Å². The molecule has 3 rings (SSSR count). The molecule has 1 amide bonds. The fourth-order valence-electron chi connectivity index (χ4n) is 3.62. The number of hydrogen-bond donors (Lipinski definition) is 4. The van der Waals surface area contributed by atoms with Gasteiger partial charge in [0.15, 0.2) is 5.84 Å². The predicted molar refractivity (Wildman–Crippen MR) is 155 cm³/mol. The Kier molecular flexibility index (Phi) is 11.0. The molecule has 0 saturated carbocycles. The van der Waals surface area contributed by atoms with Gasteiger partial charge in [0, 0.05) is 44.8 Å². The second kappa shape index (κ2) is 14.4. The molecule has 1 aliphatic rings. The van der Waals surface area contributed by atoms with Crippen molar-refractivity contribution in [3.8, 4) is 0 Å². The quantitative estimate of drug-likeness (QED) is 0.262. The third-order valence-corrected chi connectivity index (χ3v) is 6.12. The highest BCUT2D eigenvalue weighted by atomic mass is 35.5. The lowest BCUT2D eigenvalue weighted by molar-refractivity contribution is 0.0287. The molecule has 1 aliphatic heterocycles. The monoisotopic (exact) mass is 540 g/mol. The highest BCUT2D eigenvalue weighted by Gasteiger charge is 2.17. The van der Waals surface area contributed by atoms with Gasteiger partial charge in [-0.05, 0) is 62.2 Å². The standard InChI is InChI=1S/C28H34ClFN6O2/c1-5-10-33-27(19(3)34-15-18(2)20-6-9-26(31-4)25(30)13-20)36-21-7-8-23(24(29)14-21)28(37)35-17-22-16-32-11-12-38-22/h5-10,13-15,22,31-32H,11-12,16-17H2,1-4H3,(H,33,36)(H,35,37)/b10-5-,18-15+,34-19?. The first kappa shape index (κ1) is 29.0. The molecule has 1 atom stereocenters. The van der Waals surface area contributed by atoms with Gasteiger partial charge in [-0.1, -0.05) is 23.7 Å². The normalized spacial score (nSPS) is 17.0. The van der Waals surface area contributed by atoms with Crippen molar-refractivity contribution in [1.82, 2.24) is 10.6 Å². The second-order valence-corrected chi connectivity index (χ2v) is 9.07.